The van der Waals surface area contributed by atoms with E-state index in [1.807, 2.05) is 12.3 Å². The average Bonchev–Trinajstić information content (AvgIpc) is 2.46. The molecule has 0 radical (unpaired) electrons. The molecule has 1 N–H and O–H groups in total. The molecule has 0 aliphatic carbocycles. The van der Waals surface area contributed by atoms with Gasteiger partial charge < -0.3 is 10.2 Å². The third-order valence-electron chi connectivity index (χ3n) is 3.72. The van der Waals surface area contributed by atoms with Crippen molar-refractivity contribution in [2.45, 2.75) is 72.5 Å². The van der Waals surface area contributed by atoms with Crippen LogP contribution in [0.5, 0.6) is 0 Å². The van der Waals surface area contributed by atoms with E-state index >= 15 is 0 Å². The SMILES string of the molecule is CCCCN(c1ncccc1CNC(C)C)C(C)CC. The van der Waals surface area contributed by atoms with Crippen LogP contribution in [-0.4, -0.2) is 23.6 Å². The zero-order valence-electron chi connectivity index (χ0n) is 13.8. The van der Waals surface area contributed by atoms with E-state index < -0.39 is 0 Å². The largest absolute Gasteiger partial charge is 0.354 e. The van der Waals surface area contributed by atoms with Crippen LogP contribution in [0, 0.1) is 0 Å². The third-order valence-corrected chi connectivity index (χ3v) is 3.72. The Balaban J connectivity index is 2.93. The molecule has 1 heterocycles. The smallest absolute Gasteiger partial charge is 0.133 e. The van der Waals surface area contributed by atoms with Gasteiger partial charge in [-0.15, -0.1) is 0 Å². The Morgan fingerprint density at radius 1 is 1.25 bits per heavy atom. The lowest BCUT2D eigenvalue weighted by molar-refractivity contribution is 0.568. The molecule has 0 spiro atoms. The molecule has 1 aromatic rings. The van der Waals surface area contributed by atoms with Gasteiger partial charge >= 0.3 is 0 Å². The Hall–Kier alpha value is -1.09. The molecule has 114 valence electrons. The number of unbranched alkanes of at least 4 members (excludes halogenated alkanes) is 1. The van der Waals surface area contributed by atoms with Crippen molar-refractivity contribution < 1.29 is 0 Å². The molecule has 3 heteroatoms. The van der Waals surface area contributed by atoms with E-state index in [0.29, 0.717) is 12.1 Å². The van der Waals surface area contributed by atoms with Crippen molar-refractivity contribution in [2.75, 3.05) is 11.4 Å². The molecule has 20 heavy (non-hydrogen) atoms. The first kappa shape index (κ1) is 17.0. The molecule has 0 saturated carbocycles. The predicted molar refractivity (Wildman–Crippen MR) is 88.2 cm³/mol. The zero-order valence-corrected chi connectivity index (χ0v) is 13.8. The molecule has 1 atom stereocenters. The van der Waals surface area contributed by atoms with E-state index in [2.05, 4.69) is 55.9 Å². The van der Waals surface area contributed by atoms with Gasteiger partial charge in [0.25, 0.3) is 0 Å². The van der Waals surface area contributed by atoms with Crippen molar-refractivity contribution in [3.63, 3.8) is 0 Å². The minimum Gasteiger partial charge on any atom is -0.354 e. The maximum absolute atomic E-state index is 4.66. The molecule has 1 aromatic heterocycles. The zero-order chi connectivity index (χ0) is 15.0. The predicted octanol–water partition coefficient (Wildman–Crippen LogP) is 3.98. The van der Waals surface area contributed by atoms with E-state index in [1.54, 1.807) is 0 Å². The van der Waals surface area contributed by atoms with Gasteiger partial charge in [0, 0.05) is 36.9 Å². The first-order valence-electron chi connectivity index (χ1n) is 8.04. The van der Waals surface area contributed by atoms with Gasteiger partial charge in [0.05, 0.1) is 0 Å². The van der Waals surface area contributed by atoms with Crippen molar-refractivity contribution in [1.29, 1.82) is 0 Å². The Morgan fingerprint density at radius 3 is 2.60 bits per heavy atom. The number of aromatic nitrogens is 1. The summed E-state index contributed by atoms with van der Waals surface area (Å²) in [5, 5.41) is 3.50. The maximum atomic E-state index is 4.66. The first-order valence-corrected chi connectivity index (χ1v) is 8.04. The summed E-state index contributed by atoms with van der Waals surface area (Å²) in [4.78, 5) is 7.14. The number of nitrogens with one attached hydrogen (secondary N) is 1. The minimum absolute atomic E-state index is 0.496. The number of rotatable bonds is 9. The highest BCUT2D eigenvalue weighted by atomic mass is 15.2. The molecule has 0 fully saturated rings. The fourth-order valence-corrected chi connectivity index (χ4v) is 2.22. The summed E-state index contributed by atoms with van der Waals surface area (Å²) < 4.78 is 0. The fourth-order valence-electron chi connectivity index (χ4n) is 2.22. The van der Waals surface area contributed by atoms with Gasteiger partial charge in [0.1, 0.15) is 5.82 Å². The average molecular weight is 277 g/mol. The second-order valence-corrected chi connectivity index (χ2v) is 5.83. The molecular formula is C17H31N3. The van der Waals surface area contributed by atoms with Crippen molar-refractivity contribution in [3.8, 4) is 0 Å². The van der Waals surface area contributed by atoms with Gasteiger partial charge in [-0.1, -0.05) is 40.2 Å². The third kappa shape index (κ3) is 5.12. The van der Waals surface area contributed by atoms with Gasteiger partial charge in [-0.25, -0.2) is 4.98 Å². The lowest BCUT2D eigenvalue weighted by Crippen LogP contribution is -2.35. The standard InChI is InChI=1S/C17H31N3/c1-6-8-12-20(15(5)7-2)17-16(10-9-11-18-17)13-19-14(3)4/h9-11,14-15,19H,6-8,12-13H2,1-5H3. The van der Waals surface area contributed by atoms with Crippen LogP contribution in [0.4, 0.5) is 5.82 Å². The van der Waals surface area contributed by atoms with E-state index in [9.17, 15) is 0 Å². The van der Waals surface area contributed by atoms with Crippen LogP contribution in [0.2, 0.25) is 0 Å². The Morgan fingerprint density at radius 2 is 2.00 bits per heavy atom. The van der Waals surface area contributed by atoms with Crippen molar-refractivity contribution >= 4 is 5.82 Å². The summed E-state index contributed by atoms with van der Waals surface area (Å²) in [6.07, 6.45) is 5.50. The molecule has 0 amide bonds. The summed E-state index contributed by atoms with van der Waals surface area (Å²) in [7, 11) is 0. The van der Waals surface area contributed by atoms with E-state index in [1.165, 1.54) is 18.4 Å². The molecule has 1 unspecified atom stereocenters. The highest BCUT2D eigenvalue weighted by Gasteiger charge is 2.17. The van der Waals surface area contributed by atoms with Crippen molar-refractivity contribution in [1.82, 2.24) is 10.3 Å². The van der Waals surface area contributed by atoms with Crippen LogP contribution in [0.15, 0.2) is 18.3 Å². The molecule has 0 aliphatic heterocycles. The first-order chi connectivity index (χ1) is 9.60. The van der Waals surface area contributed by atoms with Gasteiger partial charge in [-0.05, 0) is 25.8 Å². The normalized spacial score (nSPS) is 12.7. The number of nitrogens with zero attached hydrogens (tertiary/aromatic N) is 2. The van der Waals surface area contributed by atoms with E-state index in [4.69, 9.17) is 0 Å². The summed E-state index contributed by atoms with van der Waals surface area (Å²) >= 11 is 0. The Labute approximate surface area is 124 Å². The fraction of sp³-hybridized carbons (Fsp3) is 0.706. The van der Waals surface area contributed by atoms with E-state index in [-0.39, 0.29) is 0 Å². The molecule has 0 aliphatic rings. The molecule has 0 saturated heterocycles. The van der Waals surface area contributed by atoms with Crippen molar-refractivity contribution in [3.05, 3.63) is 23.9 Å². The molecule has 1 rings (SSSR count). The van der Waals surface area contributed by atoms with Crippen LogP contribution in [-0.2, 0) is 6.54 Å². The van der Waals surface area contributed by atoms with E-state index in [0.717, 1.165) is 25.3 Å². The number of hydrogen-bond donors (Lipinski definition) is 1. The number of anilines is 1. The summed E-state index contributed by atoms with van der Waals surface area (Å²) in [6, 6.07) is 5.26. The molecular weight excluding hydrogens is 246 g/mol. The van der Waals surface area contributed by atoms with Crippen LogP contribution >= 0.6 is 0 Å². The quantitative estimate of drug-likeness (QED) is 0.740. The van der Waals surface area contributed by atoms with Crippen LogP contribution < -0.4 is 10.2 Å². The maximum Gasteiger partial charge on any atom is 0.133 e. The van der Waals surface area contributed by atoms with Gasteiger partial charge in [0.2, 0.25) is 0 Å². The number of pyridine rings is 1. The summed E-state index contributed by atoms with van der Waals surface area (Å²) in [5.74, 6) is 1.16. The summed E-state index contributed by atoms with van der Waals surface area (Å²) in [5.41, 5.74) is 1.30. The van der Waals surface area contributed by atoms with Crippen LogP contribution in [0.1, 0.15) is 59.4 Å². The lowest BCUT2D eigenvalue weighted by Gasteiger charge is -2.31. The summed E-state index contributed by atoms with van der Waals surface area (Å²) in [6.45, 7) is 13.1. The van der Waals surface area contributed by atoms with Crippen molar-refractivity contribution in [2.24, 2.45) is 0 Å². The Kier molecular flexibility index (Phi) is 7.60. The molecule has 3 nitrogen and oxygen atoms in total. The van der Waals surface area contributed by atoms with Gasteiger partial charge in [0.15, 0.2) is 0 Å². The second-order valence-electron chi connectivity index (χ2n) is 5.83. The second kappa shape index (κ2) is 8.96. The Bertz CT molecular complexity index is 376. The highest BCUT2D eigenvalue weighted by molar-refractivity contribution is 5.47. The van der Waals surface area contributed by atoms with Gasteiger partial charge in [-0.3, -0.25) is 0 Å². The van der Waals surface area contributed by atoms with Crippen LogP contribution in [0.3, 0.4) is 0 Å². The molecule has 0 bridgehead atoms. The lowest BCUT2D eigenvalue weighted by atomic mass is 10.1. The topological polar surface area (TPSA) is 28.2 Å². The molecule has 0 aromatic carbocycles. The minimum atomic E-state index is 0.496. The monoisotopic (exact) mass is 277 g/mol. The number of hydrogen-bond acceptors (Lipinski definition) is 3. The highest BCUT2D eigenvalue weighted by Crippen LogP contribution is 2.21. The van der Waals surface area contributed by atoms with Crippen LogP contribution in [0.25, 0.3) is 0 Å². The van der Waals surface area contributed by atoms with Gasteiger partial charge in [-0.2, -0.15) is 0 Å².